The lowest BCUT2D eigenvalue weighted by molar-refractivity contribution is -0.210. The van der Waals surface area contributed by atoms with E-state index in [4.69, 9.17) is 24.7 Å². The first kappa shape index (κ1) is 48.2. The first-order chi connectivity index (χ1) is 23.1. The van der Waals surface area contributed by atoms with Gasteiger partial charge in [-0.3, -0.25) is 9.79 Å². The maximum absolute atomic E-state index is 12.1. The van der Waals surface area contributed by atoms with Crippen molar-refractivity contribution in [3.8, 4) is 0 Å². The summed E-state index contributed by atoms with van der Waals surface area (Å²) in [6.07, 6.45) is 0.903. The largest absolute Gasteiger partial charge is 0.610 e. The molecule has 1 unspecified atom stereocenters. The maximum atomic E-state index is 12.1. The van der Waals surface area contributed by atoms with Gasteiger partial charge in [0.25, 0.3) is 5.24 Å². The average Bonchev–Trinajstić information content (AvgIpc) is 3.06. The summed E-state index contributed by atoms with van der Waals surface area (Å²) < 4.78 is 17.1. The predicted molar refractivity (Wildman–Crippen MR) is 220 cm³/mol. The number of carbonyl (C=O) groups excluding carboxylic acids is 2. The van der Waals surface area contributed by atoms with Gasteiger partial charge in [-0.05, 0) is 0 Å². The fourth-order valence-corrected chi connectivity index (χ4v) is 11.6. The molecular formula is C25H48N4O8S10. The number of ether oxygens (including phenoxy) is 1. The Kier molecular flexibility index (Phi) is 42.7. The molecule has 0 aliphatic rings. The Balaban J connectivity index is 3.38. The molecule has 47 heavy (non-hydrogen) atoms. The van der Waals surface area contributed by atoms with Crippen LogP contribution in [0.5, 0.6) is 0 Å². The summed E-state index contributed by atoms with van der Waals surface area (Å²) in [4.78, 5) is 41.6. The van der Waals surface area contributed by atoms with Crippen molar-refractivity contribution in [1.29, 1.82) is 0 Å². The number of aliphatic hydroxyl groups is 2. The van der Waals surface area contributed by atoms with Crippen LogP contribution in [-0.4, -0.2) is 162 Å². The summed E-state index contributed by atoms with van der Waals surface area (Å²) in [7, 11) is 0. The lowest BCUT2D eigenvalue weighted by atomic mass is 10.7. The number of carbonyl (C=O) groups is 2. The van der Waals surface area contributed by atoms with E-state index in [0.717, 1.165) is 44.0 Å². The number of rotatable bonds is 35. The van der Waals surface area contributed by atoms with Gasteiger partial charge < -0.3 is 35.0 Å². The summed E-state index contributed by atoms with van der Waals surface area (Å²) in [6, 6.07) is 0. The number of alkyl carbamates (subject to hydrolysis) is 1. The second-order valence-corrected chi connectivity index (χ2v) is 20.9. The molecule has 0 saturated carbocycles. The topological polar surface area (TPSA) is 174 Å². The van der Waals surface area contributed by atoms with Gasteiger partial charge in [-0.25, -0.2) is 9.79 Å². The van der Waals surface area contributed by atoms with E-state index >= 15 is 0 Å². The van der Waals surface area contributed by atoms with Gasteiger partial charge in [0.05, 0.1) is 26.3 Å². The van der Waals surface area contributed by atoms with Gasteiger partial charge in [0, 0.05) is 90.6 Å². The fourth-order valence-electron chi connectivity index (χ4n) is 2.39. The number of hydrogen-bond donors (Lipinski definition) is 4. The molecule has 2 amide bonds. The van der Waals surface area contributed by atoms with E-state index in [0.29, 0.717) is 66.8 Å². The van der Waals surface area contributed by atoms with Gasteiger partial charge in [0.15, 0.2) is 5.08 Å². The van der Waals surface area contributed by atoms with Crippen LogP contribution in [0.25, 0.3) is 0 Å². The molecule has 0 aliphatic carbocycles. The van der Waals surface area contributed by atoms with Crippen molar-refractivity contribution >= 4 is 140 Å². The van der Waals surface area contributed by atoms with Crippen molar-refractivity contribution in [2.75, 3.05) is 124 Å². The number of nitrogens with zero attached hydrogens (tertiary/aromatic N) is 2. The standard InChI is InChI=1S/C25H48N4O8S10/c30-5-13-38-15-7-35-24(32)28-3-11-42-20-41-10-2-27-18-47(34)23-45-21-44-22-46-25(33)29-4-12-43-19-40-9-1-26-17-37-36-8-16-39-14-6-31/h17-18,30-31H,1-16,19-23H2,(H,28,32)(H,29,33)/b26-17+,27-18-. The van der Waals surface area contributed by atoms with Crippen LogP contribution in [0.1, 0.15) is 0 Å². The Labute approximate surface area is 321 Å². The summed E-state index contributed by atoms with van der Waals surface area (Å²) in [5.41, 5.74) is 1.52. The van der Waals surface area contributed by atoms with Crippen molar-refractivity contribution in [2.24, 2.45) is 9.98 Å². The second kappa shape index (κ2) is 41.6. The van der Waals surface area contributed by atoms with Crippen LogP contribution in [0.15, 0.2) is 9.98 Å². The number of hydrogen-bond acceptors (Lipinski definition) is 19. The summed E-state index contributed by atoms with van der Waals surface area (Å²) in [6.45, 7) is 3.55. The Morgan fingerprint density at radius 2 is 1.32 bits per heavy atom. The van der Waals surface area contributed by atoms with Crippen molar-refractivity contribution in [3.05, 3.63) is 0 Å². The van der Waals surface area contributed by atoms with E-state index in [9.17, 15) is 14.1 Å². The predicted octanol–water partition coefficient (Wildman–Crippen LogP) is 4.55. The third-order valence-electron chi connectivity index (χ3n) is 4.35. The number of aliphatic imine (C=N–C) groups is 2. The quantitative estimate of drug-likeness (QED) is 0.0133. The third kappa shape index (κ3) is 41.5. The molecule has 1 atom stereocenters. The SMILES string of the molecule is O=C(NCCSCSCC/N=C\[S+]([O-])CSCSCSC(=O)NCCSCSCC/N=C/OOCCSCCO)OCCSCCO. The minimum Gasteiger partial charge on any atom is -0.610 e. The van der Waals surface area contributed by atoms with Gasteiger partial charge in [-0.15, -0.1) is 58.8 Å². The Bertz CT molecular complexity index is 773. The Morgan fingerprint density at radius 1 is 0.702 bits per heavy atom. The van der Waals surface area contributed by atoms with Crippen LogP contribution in [0.3, 0.4) is 0 Å². The molecule has 4 N–H and O–H groups in total. The molecule has 22 heteroatoms. The molecule has 0 aromatic heterocycles. The molecule has 0 aromatic rings. The molecule has 0 aromatic carbocycles. The lowest BCUT2D eigenvalue weighted by Gasteiger charge is -2.06. The van der Waals surface area contributed by atoms with E-state index in [2.05, 4.69) is 20.6 Å². The van der Waals surface area contributed by atoms with E-state index in [1.54, 1.807) is 94.1 Å². The molecule has 0 saturated heterocycles. The highest BCUT2D eigenvalue weighted by molar-refractivity contribution is 8.29. The first-order valence-corrected chi connectivity index (χ1v) is 26.0. The lowest BCUT2D eigenvalue weighted by Crippen LogP contribution is -2.27. The summed E-state index contributed by atoms with van der Waals surface area (Å²) in [5.74, 6) is 6.17. The van der Waals surface area contributed by atoms with E-state index in [-0.39, 0.29) is 18.5 Å². The molecular weight excluding hydrogens is 805 g/mol. The highest BCUT2D eigenvalue weighted by Gasteiger charge is 2.05. The number of amides is 2. The van der Waals surface area contributed by atoms with Crippen molar-refractivity contribution < 1.29 is 38.9 Å². The monoisotopic (exact) mass is 852 g/mol. The zero-order chi connectivity index (χ0) is 34.3. The fraction of sp³-hybridized carbons (Fsp3) is 0.840. The molecule has 0 fully saturated rings. The number of nitrogens with one attached hydrogen (secondary N) is 2. The summed E-state index contributed by atoms with van der Waals surface area (Å²) in [5, 5.41) is 26.7. The van der Waals surface area contributed by atoms with Gasteiger partial charge in [-0.1, -0.05) is 23.5 Å². The molecule has 0 bridgehead atoms. The number of thioether (sulfide) groups is 9. The normalized spacial score (nSPS) is 12.1. The second-order valence-electron chi connectivity index (χ2n) is 8.05. The third-order valence-corrected chi connectivity index (χ3v) is 15.7. The van der Waals surface area contributed by atoms with E-state index in [1.807, 2.05) is 0 Å². The highest BCUT2D eigenvalue weighted by atomic mass is 32.3. The minimum absolute atomic E-state index is 0.0240. The average molecular weight is 853 g/mol. The molecule has 0 rings (SSSR count). The van der Waals surface area contributed by atoms with Crippen LogP contribution < -0.4 is 10.6 Å². The van der Waals surface area contributed by atoms with Crippen molar-refractivity contribution in [2.45, 2.75) is 0 Å². The highest BCUT2D eigenvalue weighted by Crippen LogP contribution is 2.19. The maximum Gasteiger partial charge on any atom is 0.407 e. The Hall–Kier alpha value is 1.22. The van der Waals surface area contributed by atoms with Crippen LogP contribution in [0.2, 0.25) is 0 Å². The van der Waals surface area contributed by atoms with Gasteiger partial charge in [0.2, 0.25) is 11.9 Å². The molecule has 12 nitrogen and oxygen atoms in total. The zero-order valence-electron chi connectivity index (χ0n) is 26.3. The molecule has 0 heterocycles. The number of aliphatic hydroxyl groups excluding tert-OH is 2. The van der Waals surface area contributed by atoms with E-state index < -0.39 is 17.3 Å². The van der Waals surface area contributed by atoms with E-state index in [1.165, 1.54) is 23.7 Å². The van der Waals surface area contributed by atoms with Crippen LogP contribution in [0, 0.1) is 0 Å². The molecule has 276 valence electrons. The molecule has 0 radical (unpaired) electrons. The van der Waals surface area contributed by atoms with Gasteiger partial charge in [0.1, 0.15) is 13.2 Å². The smallest absolute Gasteiger partial charge is 0.407 e. The van der Waals surface area contributed by atoms with Crippen molar-refractivity contribution in [1.82, 2.24) is 10.6 Å². The summed E-state index contributed by atoms with van der Waals surface area (Å²) >= 11 is 13.5. The minimum atomic E-state index is -1.10. The Morgan fingerprint density at radius 3 is 2.02 bits per heavy atom. The van der Waals surface area contributed by atoms with Crippen LogP contribution in [-0.2, 0) is 25.7 Å². The van der Waals surface area contributed by atoms with Gasteiger partial charge in [-0.2, -0.15) is 28.4 Å². The first-order valence-electron chi connectivity index (χ1n) is 14.4. The molecule has 0 aliphatic heterocycles. The zero-order valence-corrected chi connectivity index (χ0v) is 34.5. The van der Waals surface area contributed by atoms with Crippen LogP contribution >= 0.6 is 106 Å². The molecule has 0 spiro atoms. The van der Waals surface area contributed by atoms with Crippen molar-refractivity contribution in [3.63, 3.8) is 0 Å². The van der Waals surface area contributed by atoms with Gasteiger partial charge >= 0.3 is 6.09 Å². The van der Waals surface area contributed by atoms with Crippen LogP contribution in [0.4, 0.5) is 9.59 Å².